The van der Waals surface area contributed by atoms with Crippen molar-refractivity contribution in [2.45, 2.75) is 6.54 Å². The van der Waals surface area contributed by atoms with Crippen LogP contribution in [0.4, 0.5) is 11.5 Å². The Bertz CT molecular complexity index is 1660. The van der Waals surface area contributed by atoms with Crippen LogP contribution in [-0.4, -0.2) is 20.9 Å². The van der Waals surface area contributed by atoms with Gasteiger partial charge in [-0.1, -0.05) is 30.2 Å². The number of nitriles is 1. The molecule has 0 saturated heterocycles. The van der Waals surface area contributed by atoms with Crippen LogP contribution in [0.5, 0.6) is 0 Å². The maximum atomic E-state index is 12.8. The van der Waals surface area contributed by atoms with Crippen molar-refractivity contribution in [3.8, 4) is 18.4 Å². The van der Waals surface area contributed by atoms with Gasteiger partial charge in [-0.2, -0.15) is 5.26 Å². The fourth-order valence-corrected chi connectivity index (χ4v) is 3.77. The first-order valence-electron chi connectivity index (χ1n) is 10.8. The minimum Gasteiger partial charge on any atom is -0.348 e. The average Bonchev–Trinajstić information content (AvgIpc) is 2.92. The SMILES string of the molecule is C#Cc1cccc(Nc2nc3cc(C(=O)NCc4ccc(C#N)cc4)ccc3c3cncnc23)c1. The molecule has 35 heavy (non-hydrogen) atoms. The van der Waals surface area contributed by atoms with Crippen molar-refractivity contribution in [3.63, 3.8) is 0 Å². The van der Waals surface area contributed by atoms with E-state index in [0.717, 1.165) is 27.6 Å². The maximum Gasteiger partial charge on any atom is 0.251 e. The van der Waals surface area contributed by atoms with Crippen molar-refractivity contribution >= 4 is 39.2 Å². The molecule has 0 unspecified atom stereocenters. The van der Waals surface area contributed by atoms with Gasteiger partial charge in [-0.05, 0) is 48.0 Å². The van der Waals surface area contributed by atoms with Gasteiger partial charge < -0.3 is 10.6 Å². The number of nitrogens with zero attached hydrogens (tertiary/aromatic N) is 4. The normalized spacial score (nSPS) is 10.5. The topological polar surface area (TPSA) is 104 Å². The molecule has 2 heterocycles. The summed E-state index contributed by atoms with van der Waals surface area (Å²) in [7, 11) is 0. The number of pyridine rings is 1. The number of terminal acetylenes is 1. The molecule has 7 heteroatoms. The Kier molecular flexibility index (Phi) is 5.73. The third-order valence-electron chi connectivity index (χ3n) is 5.55. The van der Waals surface area contributed by atoms with Crippen LogP contribution in [-0.2, 0) is 6.54 Å². The predicted molar refractivity (Wildman–Crippen MR) is 135 cm³/mol. The van der Waals surface area contributed by atoms with Crippen molar-refractivity contribution in [1.29, 1.82) is 5.26 Å². The molecule has 5 aromatic rings. The highest BCUT2D eigenvalue weighted by molar-refractivity contribution is 6.10. The Hall–Kier alpha value is -5.27. The molecule has 7 nitrogen and oxygen atoms in total. The lowest BCUT2D eigenvalue weighted by Gasteiger charge is -2.12. The number of fused-ring (bicyclic) bond motifs is 3. The van der Waals surface area contributed by atoms with Gasteiger partial charge in [0, 0.05) is 40.3 Å². The fourth-order valence-electron chi connectivity index (χ4n) is 3.77. The van der Waals surface area contributed by atoms with Gasteiger partial charge in [0.15, 0.2) is 5.82 Å². The van der Waals surface area contributed by atoms with Crippen LogP contribution in [0, 0.1) is 23.7 Å². The van der Waals surface area contributed by atoms with E-state index in [9.17, 15) is 4.79 Å². The van der Waals surface area contributed by atoms with Gasteiger partial charge in [0.25, 0.3) is 5.91 Å². The van der Waals surface area contributed by atoms with Crippen molar-refractivity contribution in [2.75, 3.05) is 5.32 Å². The Morgan fingerprint density at radius 3 is 2.66 bits per heavy atom. The Morgan fingerprint density at radius 1 is 1.00 bits per heavy atom. The Morgan fingerprint density at radius 2 is 1.86 bits per heavy atom. The van der Waals surface area contributed by atoms with Gasteiger partial charge in [0.2, 0.25) is 0 Å². The predicted octanol–water partition coefficient (Wildman–Crippen LogP) is 4.70. The van der Waals surface area contributed by atoms with E-state index in [1.807, 2.05) is 42.5 Å². The molecule has 0 radical (unpaired) electrons. The van der Waals surface area contributed by atoms with E-state index >= 15 is 0 Å². The molecule has 3 aromatic carbocycles. The summed E-state index contributed by atoms with van der Waals surface area (Å²) in [5.41, 5.74) is 4.78. The average molecular weight is 454 g/mol. The van der Waals surface area contributed by atoms with E-state index in [-0.39, 0.29) is 5.91 Å². The Balaban J connectivity index is 1.47. The molecule has 2 N–H and O–H groups in total. The molecular weight excluding hydrogens is 436 g/mol. The van der Waals surface area contributed by atoms with Crippen LogP contribution in [0.1, 0.15) is 27.0 Å². The largest absolute Gasteiger partial charge is 0.348 e. The molecule has 0 bridgehead atoms. The number of amides is 1. The van der Waals surface area contributed by atoms with Gasteiger partial charge >= 0.3 is 0 Å². The summed E-state index contributed by atoms with van der Waals surface area (Å²) in [6.45, 7) is 0.347. The number of hydrogen-bond acceptors (Lipinski definition) is 6. The third kappa shape index (κ3) is 4.47. The highest BCUT2D eigenvalue weighted by Gasteiger charge is 2.13. The van der Waals surface area contributed by atoms with Crippen molar-refractivity contribution in [1.82, 2.24) is 20.3 Å². The minimum atomic E-state index is -0.223. The number of rotatable bonds is 5. The lowest BCUT2D eigenvalue weighted by atomic mass is 10.1. The van der Waals surface area contributed by atoms with E-state index in [4.69, 9.17) is 16.7 Å². The second-order valence-corrected chi connectivity index (χ2v) is 7.82. The molecule has 0 saturated carbocycles. The summed E-state index contributed by atoms with van der Waals surface area (Å²) in [6, 6.07) is 22.0. The van der Waals surface area contributed by atoms with E-state index in [2.05, 4.69) is 32.6 Å². The van der Waals surface area contributed by atoms with Crippen molar-refractivity contribution in [3.05, 3.63) is 102 Å². The molecule has 0 fully saturated rings. The number of benzene rings is 3. The monoisotopic (exact) mass is 454 g/mol. The quantitative estimate of drug-likeness (QED) is 0.295. The first-order valence-corrected chi connectivity index (χ1v) is 10.8. The molecular formula is C28H18N6O. The van der Waals surface area contributed by atoms with Crippen LogP contribution in [0.2, 0.25) is 0 Å². The first kappa shape index (κ1) is 21.6. The van der Waals surface area contributed by atoms with Crippen LogP contribution in [0.15, 0.2) is 79.3 Å². The summed E-state index contributed by atoms with van der Waals surface area (Å²) < 4.78 is 0. The summed E-state index contributed by atoms with van der Waals surface area (Å²) in [6.07, 6.45) is 8.74. The van der Waals surface area contributed by atoms with E-state index < -0.39 is 0 Å². The highest BCUT2D eigenvalue weighted by atomic mass is 16.1. The summed E-state index contributed by atoms with van der Waals surface area (Å²) in [5, 5.41) is 16.8. The fraction of sp³-hybridized carbons (Fsp3) is 0.0357. The maximum absolute atomic E-state index is 12.8. The zero-order chi connectivity index (χ0) is 24.2. The first-order chi connectivity index (χ1) is 17.1. The molecule has 0 aliphatic heterocycles. The number of aromatic nitrogens is 3. The summed E-state index contributed by atoms with van der Waals surface area (Å²) >= 11 is 0. The molecule has 0 atom stereocenters. The molecule has 5 rings (SSSR count). The van der Waals surface area contributed by atoms with Crippen LogP contribution < -0.4 is 10.6 Å². The zero-order valence-electron chi connectivity index (χ0n) is 18.5. The van der Waals surface area contributed by atoms with Gasteiger partial charge in [0.1, 0.15) is 11.8 Å². The van der Waals surface area contributed by atoms with Crippen LogP contribution in [0.3, 0.4) is 0 Å². The number of carbonyl (C=O) groups is 1. The molecule has 2 aromatic heterocycles. The molecule has 0 aliphatic carbocycles. The standard InChI is InChI=1S/C28H18N6O/c1-2-18-4-3-5-22(12-18)33-27-26-24(16-30-17-32-26)23-11-10-21(13-25(23)34-27)28(35)31-15-20-8-6-19(14-29)7-9-20/h1,3-13,16-17H,15H2,(H,31,35)(H,33,34). The van der Waals surface area contributed by atoms with Gasteiger partial charge in [0.05, 0.1) is 17.1 Å². The lowest BCUT2D eigenvalue weighted by molar-refractivity contribution is 0.0951. The van der Waals surface area contributed by atoms with Crippen molar-refractivity contribution < 1.29 is 4.79 Å². The lowest BCUT2D eigenvalue weighted by Crippen LogP contribution is -2.22. The van der Waals surface area contributed by atoms with E-state index in [0.29, 0.717) is 34.5 Å². The second-order valence-electron chi connectivity index (χ2n) is 7.82. The van der Waals surface area contributed by atoms with Crippen LogP contribution in [0.25, 0.3) is 21.8 Å². The Labute approximate surface area is 201 Å². The number of nitrogens with one attached hydrogen (secondary N) is 2. The molecule has 166 valence electrons. The molecule has 0 spiro atoms. The number of anilines is 2. The van der Waals surface area contributed by atoms with Crippen LogP contribution >= 0.6 is 0 Å². The van der Waals surface area contributed by atoms with Crippen molar-refractivity contribution in [2.24, 2.45) is 0 Å². The zero-order valence-corrected chi connectivity index (χ0v) is 18.5. The minimum absolute atomic E-state index is 0.223. The van der Waals surface area contributed by atoms with E-state index in [1.54, 1.807) is 30.5 Å². The summed E-state index contributed by atoms with van der Waals surface area (Å²) in [5.74, 6) is 2.94. The number of carbonyl (C=O) groups excluding carboxylic acids is 1. The van der Waals surface area contributed by atoms with Gasteiger partial charge in [-0.15, -0.1) is 6.42 Å². The molecule has 1 amide bonds. The molecule has 0 aliphatic rings. The van der Waals surface area contributed by atoms with E-state index in [1.165, 1.54) is 6.33 Å². The summed E-state index contributed by atoms with van der Waals surface area (Å²) in [4.78, 5) is 26.2. The highest BCUT2D eigenvalue weighted by Crippen LogP contribution is 2.30. The number of hydrogen-bond donors (Lipinski definition) is 2. The van der Waals surface area contributed by atoms with Gasteiger partial charge in [-0.3, -0.25) is 4.79 Å². The van der Waals surface area contributed by atoms with Gasteiger partial charge in [-0.25, -0.2) is 15.0 Å². The second kappa shape index (κ2) is 9.30. The third-order valence-corrected chi connectivity index (χ3v) is 5.55. The smallest absolute Gasteiger partial charge is 0.251 e.